The van der Waals surface area contributed by atoms with Gasteiger partial charge in [0.15, 0.2) is 5.96 Å². The van der Waals surface area contributed by atoms with Crippen molar-refractivity contribution in [3.8, 4) is 0 Å². The van der Waals surface area contributed by atoms with Crippen LogP contribution in [0, 0.1) is 0 Å². The summed E-state index contributed by atoms with van der Waals surface area (Å²) in [7, 11) is 1.77. The summed E-state index contributed by atoms with van der Waals surface area (Å²) in [5.41, 5.74) is -0.00860. The van der Waals surface area contributed by atoms with Gasteiger partial charge in [-0.05, 0) is 6.42 Å². The van der Waals surface area contributed by atoms with Crippen LogP contribution in [-0.2, 0) is 12.0 Å². The van der Waals surface area contributed by atoms with Crippen molar-refractivity contribution in [3.05, 3.63) is 17.8 Å². The molecule has 0 atom stereocenters. The van der Waals surface area contributed by atoms with Crippen molar-refractivity contribution < 1.29 is 4.42 Å². The molecule has 5 nitrogen and oxygen atoms in total. The fraction of sp³-hybridized carbons (Fsp3) is 0.733. The third-order valence-electron chi connectivity index (χ3n) is 3.00. The van der Waals surface area contributed by atoms with E-state index in [1.54, 1.807) is 13.2 Å². The van der Waals surface area contributed by atoms with Crippen molar-refractivity contribution in [1.82, 2.24) is 15.6 Å². The van der Waals surface area contributed by atoms with E-state index < -0.39 is 0 Å². The van der Waals surface area contributed by atoms with E-state index in [0.717, 1.165) is 24.7 Å². The third kappa shape index (κ3) is 5.63. The van der Waals surface area contributed by atoms with E-state index in [2.05, 4.69) is 48.3 Å². The van der Waals surface area contributed by atoms with Crippen LogP contribution in [-0.4, -0.2) is 24.5 Å². The number of hydrogen-bond donors (Lipinski definition) is 2. The molecule has 0 bridgehead atoms. The second-order valence-electron chi connectivity index (χ2n) is 5.93. The summed E-state index contributed by atoms with van der Waals surface area (Å²) in [6.45, 7) is 10.0. The van der Waals surface area contributed by atoms with E-state index in [4.69, 9.17) is 4.42 Å². The van der Waals surface area contributed by atoms with Crippen molar-refractivity contribution in [2.75, 3.05) is 13.6 Å². The van der Waals surface area contributed by atoms with Crippen LogP contribution in [0.4, 0.5) is 0 Å². The molecule has 114 valence electrons. The van der Waals surface area contributed by atoms with Gasteiger partial charge in [-0.15, -0.1) is 0 Å². The van der Waals surface area contributed by atoms with Crippen molar-refractivity contribution in [2.24, 2.45) is 4.99 Å². The van der Waals surface area contributed by atoms with Crippen LogP contribution in [0.15, 0.2) is 15.6 Å². The predicted octanol–water partition coefficient (Wildman–Crippen LogP) is 2.83. The first kappa shape index (κ1) is 16.5. The van der Waals surface area contributed by atoms with Crippen LogP contribution in [0.25, 0.3) is 0 Å². The zero-order chi connectivity index (χ0) is 15.0. The molecule has 20 heavy (non-hydrogen) atoms. The second kappa shape index (κ2) is 7.92. The molecule has 0 aliphatic carbocycles. The summed E-state index contributed by atoms with van der Waals surface area (Å²) >= 11 is 0. The van der Waals surface area contributed by atoms with Crippen LogP contribution in [0.1, 0.15) is 58.6 Å². The minimum Gasteiger partial charge on any atom is -0.443 e. The van der Waals surface area contributed by atoms with Gasteiger partial charge in [-0.3, -0.25) is 4.99 Å². The number of aliphatic imine (C=N–C) groups is 1. The van der Waals surface area contributed by atoms with Gasteiger partial charge in [-0.2, -0.15) is 0 Å². The average Bonchev–Trinajstić information content (AvgIpc) is 2.87. The molecule has 1 aromatic rings. The van der Waals surface area contributed by atoms with Crippen LogP contribution < -0.4 is 10.6 Å². The molecular weight excluding hydrogens is 252 g/mol. The highest BCUT2D eigenvalue weighted by molar-refractivity contribution is 5.79. The Balaban J connectivity index is 2.39. The summed E-state index contributed by atoms with van der Waals surface area (Å²) in [5, 5.41) is 6.49. The highest BCUT2D eigenvalue weighted by atomic mass is 16.4. The summed E-state index contributed by atoms with van der Waals surface area (Å²) in [4.78, 5) is 8.47. The lowest BCUT2D eigenvalue weighted by Crippen LogP contribution is -2.37. The number of unbranched alkanes of at least 4 members (excludes halogenated alkanes) is 2. The normalized spacial score (nSPS) is 12.6. The average molecular weight is 280 g/mol. The molecule has 0 amide bonds. The standard InChI is InChI=1S/C15H28N4O/c1-6-7-8-9-17-14(16-5)19-11-13-18-10-12(20-13)15(2,3)4/h10H,6-9,11H2,1-5H3,(H2,16,17,19). The van der Waals surface area contributed by atoms with Gasteiger partial charge in [0.2, 0.25) is 5.89 Å². The first-order chi connectivity index (χ1) is 9.47. The number of guanidine groups is 1. The molecule has 0 saturated heterocycles. The van der Waals surface area contributed by atoms with Crippen LogP contribution >= 0.6 is 0 Å². The molecule has 0 saturated carbocycles. The quantitative estimate of drug-likeness (QED) is 0.478. The van der Waals surface area contributed by atoms with Crippen LogP contribution in [0.3, 0.4) is 0 Å². The van der Waals surface area contributed by atoms with Gasteiger partial charge in [-0.1, -0.05) is 40.5 Å². The van der Waals surface area contributed by atoms with Gasteiger partial charge < -0.3 is 15.1 Å². The maximum absolute atomic E-state index is 5.73. The Hall–Kier alpha value is -1.52. The second-order valence-corrected chi connectivity index (χ2v) is 5.93. The highest BCUT2D eigenvalue weighted by Gasteiger charge is 2.19. The Bertz CT molecular complexity index is 418. The molecule has 0 unspecified atom stereocenters. The zero-order valence-corrected chi connectivity index (χ0v) is 13.4. The molecule has 5 heteroatoms. The number of rotatable bonds is 6. The minimum atomic E-state index is -0.00860. The van der Waals surface area contributed by atoms with Crippen LogP contribution in [0.5, 0.6) is 0 Å². The SMILES string of the molecule is CCCCCNC(=NC)NCc1ncc(C(C)(C)C)o1. The van der Waals surface area contributed by atoms with E-state index in [9.17, 15) is 0 Å². The number of aromatic nitrogens is 1. The number of oxazole rings is 1. The molecular formula is C15H28N4O. The van der Waals surface area contributed by atoms with E-state index in [0.29, 0.717) is 12.4 Å². The van der Waals surface area contributed by atoms with E-state index in [-0.39, 0.29) is 5.41 Å². The van der Waals surface area contributed by atoms with E-state index in [1.807, 2.05) is 0 Å². The summed E-state index contributed by atoms with van der Waals surface area (Å²) < 4.78 is 5.73. The maximum Gasteiger partial charge on any atom is 0.213 e. The van der Waals surface area contributed by atoms with Gasteiger partial charge in [0.1, 0.15) is 5.76 Å². The fourth-order valence-electron chi connectivity index (χ4n) is 1.70. The largest absolute Gasteiger partial charge is 0.443 e. The summed E-state index contributed by atoms with van der Waals surface area (Å²) in [6.07, 6.45) is 5.41. The van der Waals surface area contributed by atoms with Gasteiger partial charge in [0.25, 0.3) is 0 Å². The number of nitrogens with one attached hydrogen (secondary N) is 2. The first-order valence-corrected chi connectivity index (χ1v) is 7.37. The monoisotopic (exact) mass is 280 g/mol. The predicted molar refractivity (Wildman–Crippen MR) is 82.9 cm³/mol. The summed E-state index contributed by atoms with van der Waals surface area (Å²) in [6, 6.07) is 0. The number of nitrogens with zero attached hydrogens (tertiary/aromatic N) is 2. The topological polar surface area (TPSA) is 62.5 Å². The van der Waals surface area contributed by atoms with E-state index in [1.165, 1.54) is 12.8 Å². The Kier molecular flexibility index (Phi) is 6.55. The molecule has 0 fully saturated rings. The third-order valence-corrected chi connectivity index (χ3v) is 3.00. The lowest BCUT2D eigenvalue weighted by atomic mass is 9.94. The Morgan fingerprint density at radius 1 is 1.30 bits per heavy atom. The van der Waals surface area contributed by atoms with Crippen molar-refractivity contribution in [2.45, 2.75) is 58.9 Å². The molecule has 0 aliphatic rings. The highest BCUT2D eigenvalue weighted by Crippen LogP contribution is 2.22. The molecule has 1 aromatic heterocycles. The molecule has 0 radical (unpaired) electrons. The summed E-state index contributed by atoms with van der Waals surface area (Å²) in [5.74, 6) is 2.38. The molecule has 0 spiro atoms. The van der Waals surface area contributed by atoms with Gasteiger partial charge >= 0.3 is 0 Å². The Morgan fingerprint density at radius 2 is 2.05 bits per heavy atom. The lowest BCUT2D eigenvalue weighted by molar-refractivity contribution is 0.379. The molecule has 2 N–H and O–H groups in total. The van der Waals surface area contributed by atoms with Gasteiger partial charge in [0.05, 0.1) is 12.7 Å². The molecule has 0 aliphatic heterocycles. The Morgan fingerprint density at radius 3 is 2.60 bits per heavy atom. The van der Waals surface area contributed by atoms with Crippen molar-refractivity contribution in [3.63, 3.8) is 0 Å². The van der Waals surface area contributed by atoms with E-state index >= 15 is 0 Å². The smallest absolute Gasteiger partial charge is 0.213 e. The van der Waals surface area contributed by atoms with Crippen molar-refractivity contribution >= 4 is 5.96 Å². The fourth-order valence-corrected chi connectivity index (χ4v) is 1.70. The first-order valence-electron chi connectivity index (χ1n) is 7.37. The van der Waals surface area contributed by atoms with Crippen LogP contribution in [0.2, 0.25) is 0 Å². The molecule has 0 aromatic carbocycles. The van der Waals surface area contributed by atoms with Gasteiger partial charge in [0, 0.05) is 19.0 Å². The zero-order valence-electron chi connectivity index (χ0n) is 13.4. The maximum atomic E-state index is 5.73. The number of hydrogen-bond acceptors (Lipinski definition) is 3. The molecule has 1 rings (SSSR count). The molecule has 1 heterocycles. The Labute approximate surface area is 122 Å². The van der Waals surface area contributed by atoms with Crippen molar-refractivity contribution in [1.29, 1.82) is 0 Å². The lowest BCUT2D eigenvalue weighted by Gasteiger charge is -2.13. The minimum absolute atomic E-state index is 0.00860. The van der Waals surface area contributed by atoms with Gasteiger partial charge in [-0.25, -0.2) is 4.98 Å².